The SMILES string of the molecule is CCCCCCCCCC[C@@H]1O[C@H](CO)[C@@H](O)[C@H](O)[C@H]1O. The Hall–Kier alpha value is -0.200. The van der Waals surface area contributed by atoms with E-state index in [1.165, 1.54) is 38.5 Å². The molecular weight excluding hydrogens is 272 g/mol. The van der Waals surface area contributed by atoms with E-state index in [4.69, 9.17) is 9.84 Å². The van der Waals surface area contributed by atoms with Crippen LogP contribution in [0.4, 0.5) is 0 Å². The van der Waals surface area contributed by atoms with Crippen molar-refractivity contribution in [3.05, 3.63) is 0 Å². The first-order chi connectivity index (χ1) is 10.1. The normalized spacial score (nSPS) is 33.3. The van der Waals surface area contributed by atoms with Gasteiger partial charge in [-0.3, -0.25) is 0 Å². The van der Waals surface area contributed by atoms with Crippen molar-refractivity contribution in [3.63, 3.8) is 0 Å². The first-order valence-electron chi connectivity index (χ1n) is 8.42. The molecule has 1 saturated heterocycles. The molecule has 0 aromatic heterocycles. The van der Waals surface area contributed by atoms with Crippen LogP contribution >= 0.6 is 0 Å². The highest BCUT2D eigenvalue weighted by molar-refractivity contribution is 4.91. The van der Waals surface area contributed by atoms with Crippen LogP contribution in [0.2, 0.25) is 0 Å². The summed E-state index contributed by atoms with van der Waals surface area (Å²) in [5.74, 6) is 0. The zero-order chi connectivity index (χ0) is 15.7. The standard InChI is InChI=1S/C16H32O5/c1-2-3-4-5-6-7-8-9-10-12-14(18)16(20)15(19)13(11-17)21-12/h12-20H,2-11H2,1H3/t12-,13+,14-,15+,16+/m0/s1. The molecule has 0 saturated carbocycles. The van der Waals surface area contributed by atoms with Gasteiger partial charge in [0.25, 0.3) is 0 Å². The largest absolute Gasteiger partial charge is 0.394 e. The second-order valence-electron chi connectivity index (χ2n) is 6.13. The van der Waals surface area contributed by atoms with E-state index in [0.717, 1.165) is 12.8 Å². The Balaban J connectivity index is 2.16. The lowest BCUT2D eigenvalue weighted by molar-refractivity contribution is -0.230. The number of aliphatic hydroxyl groups is 4. The van der Waals surface area contributed by atoms with E-state index in [-0.39, 0.29) is 6.61 Å². The zero-order valence-corrected chi connectivity index (χ0v) is 13.2. The minimum Gasteiger partial charge on any atom is -0.394 e. The van der Waals surface area contributed by atoms with Crippen molar-refractivity contribution in [3.8, 4) is 0 Å². The molecule has 0 amide bonds. The minimum atomic E-state index is -1.24. The summed E-state index contributed by atoms with van der Waals surface area (Å²) in [6, 6.07) is 0. The molecule has 1 aliphatic heterocycles. The van der Waals surface area contributed by atoms with Crippen LogP contribution in [0, 0.1) is 0 Å². The molecule has 1 aliphatic rings. The highest BCUT2D eigenvalue weighted by Crippen LogP contribution is 2.24. The number of hydrogen-bond acceptors (Lipinski definition) is 5. The summed E-state index contributed by atoms with van der Waals surface area (Å²) in [4.78, 5) is 0. The Bertz CT molecular complexity index is 259. The lowest BCUT2D eigenvalue weighted by atomic mass is 9.92. The number of aliphatic hydroxyl groups excluding tert-OH is 4. The highest BCUT2D eigenvalue weighted by atomic mass is 16.5. The van der Waals surface area contributed by atoms with Gasteiger partial charge in [-0.2, -0.15) is 0 Å². The van der Waals surface area contributed by atoms with Crippen molar-refractivity contribution >= 4 is 0 Å². The Morgan fingerprint density at radius 1 is 0.714 bits per heavy atom. The lowest BCUT2D eigenvalue weighted by Crippen LogP contribution is -2.58. The zero-order valence-electron chi connectivity index (χ0n) is 13.2. The molecule has 1 fully saturated rings. The first kappa shape index (κ1) is 18.8. The van der Waals surface area contributed by atoms with Gasteiger partial charge in [0, 0.05) is 0 Å². The van der Waals surface area contributed by atoms with E-state index in [2.05, 4.69) is 6.92 Å². The molecule has 0 spiro atoms. The number of rotatable bonds is 10. The molecule has 5 atom stereocenters. The average Bonchev–Trinajstić information content (AvgIpc) is 2.49. The summed E-state index contributed by atoms with van der Waals surface area (Å²) in [6.07, 6.45) is 5.41. The van der Waals surface area contributed by atoms with Gasteiger partial charge in [0.05, 0.1) is 12.7 Å². The predicted octanol–water partition coefficient (Wildman–Crippen LogP) is 1.36. The van der Waals surface area contributed by atoms with Crippen LogP contribution in [0.15, 0.2) is 0 Å². The lowest BCUT2D eigenvalue weighted by Gasteiger charge is -2.40. The fourth-order valence-electron chi connectivity index (χ4n) is 2.90. The van der Waals surface area contributed by atoms with Gasteiger partial charge >= 0.3 is 0 Å². The van der Waals surface area contributed by atoms with Crippen molar-refractivity contribution in [2.24, 2.45) is 0 Å². The average molecular weight is 304 g/mol. The fourth-order valence-corrected chi connectivity index (χ4v) is 2.90. The van der Waals surface area contributed by atoms with Gasteiger partial charge in [-0.1, -0.05) is 58.3 Å². The molecular formula is C16H32O5. The van der Waals surface area contributed by atoms with Gasteiger partial charge in [-0.05, 0) is 6.42 Å². The van der Waals surface area contributed by atoms with E-state index < -0.39 is 30.5 Å². The van der Waals surface area contributed by atoms with Gasteiger partial charge < -0.3 is 25.2 Å². The second kappa shape index (κ2) is 10.5. The van der Waals surface area contributed by atoms with Crippen molar-refractivity contribution < 1.29 is 25.2 Å². The van der Waals surface area contributed by atoms with Crippen molar-refractivity contribution in [1.29, 1.82) is 0 Å². The fraction of sp³-hybridized carbons (Fsp3) is 1.00. The van der Waals surface area contributed by atoms with Crippen molar-refractivity contribution in [2.75, 3.05) is 6.61 Å². The maximum atomic E-state index is 9.90. The highest BCUT2D eigenvalue weighted by Gasteiger charge is 2.42. The molecule has 0 aromatic rings. The van der Waals surface area contributed by atoms with Crippen molar-refractivity contribution in [1.82, 2.24) is 0 Å². The third-order valence-electron chi connectivity index (χ3n) is 4.33. The molecule has 0 aromatic carbocycles. The van der Waals surface area contributed by atoms with E-state index in [9.17, 15) is 15.3 Å². The van der Waals surface area contributed by atoms with Crippen LogP contribution in [0.5, 0.6) is 0 Å². The monoisotopic (exact) mass is 304 g/mol. The predicted molar refractivity (Wildman–Crippen MR) is 81.0 cm³/mol. The van der Waals surface area contributed by atoms with Crippen LogP contribution in [0.1, 0.15) is 64.7 Å². The van der Waals surface area contributed by atoms with Crippen LogP contribution in [0.3, 0.4) is 0 Å². The molecule has 0 radical (unpaired) electrons. The van der Waals surface area contributed by atoms with Crippen LogP contribution in [-0.2, 0) is 4.74 Å². The van der Waals surface area contributed by atoms with E-state index in [1.807, 2.05) is 0 Å². The minimum absolute atomic E-state index is 0.348. The molecule has 4 N–H and O–H groups in total. The van der Waals surface area contributed by atoms with Gasteiger partial charge in [0.1, 0.15) is 24.4 Å². The smallest absolute Gasteiger partial charge is 0.111 e. The van der Waals surface area contributed by atoms with E-state index >= 15 is 0 Å². The second-order valence-corrected chi connectivity index (χ2v) is 6.13. The Morgan fingerprint density at radius 3 is 1.81 bits per heavy atom. The summed E-state index contributed by atoms with van der Waals surface area (Å²) in [6.45, 7) is 1.86. The van der Waals surface area contributed by atoms with Crippen LogP contribution in [0.25, 0.3) is 0 Å². The Labute approximate surface area is 127 Å². The number of ether oxygens (including phenoxy) is 1. The first-order valence-corrected chi connectivity index (χ1v) is 8.42. The third-order valence-corrected chi connectivity index (χ3v) is 4.33. The molecule has 126 valence electrons. The molecule has 1 heterocycles. The Morgan fingerprint density at radius 2 is 1.24 bits per heavy atom. The van der Waals surface area contributed by atoms with Crippen LogP contribution in [-0.4, -0.2) is 57.6 Å². The van der Waals surface area contributed by atoms with Crippen LogP contribution < -0.4 is 0 Å². The Kier molecular flexibility index (Phi) is 9.44. The van der Waals surface area contributed by atoms with E-state index in [0.29, 0.717) is 6.42 Å². The van der Waals surface area contributed by atoms with E-state index in [1.54, 1.807) is 0 Å². The summed E-state index contributed by atoms with van der Waals surface area (Å²) in [7, 11) is 0. The molecule has 5 nitrogen and oxygen atoms in total. The van der Waals surface area contributed by atoms with Gasteiger partial charge in [-0.15, -0.1) is 0 Å². The summed E-state index contributed by atoms with van der Waals surface area (Å²) < 4.78 is 5.48. The summed E-state index contributed by atoms with van der Waals surface area (Å²) in [5, 5.41) is 38.4. The van der Waals surface area contributed by atoms with Crippen molar-refractivity contribution in [2.45, 2.75) is 95.2 Å². The molecule has 0 bridgehead atoms. The van der Waals surface area contributed by atoms with Gasteiger partial charge in [0.2, 0.25) is 0 Å². The molecule has 0 unspecified atom stereocenters. The maximum Gasteiger partial charge on any atom is 0.111 e. The third kappa shape index (κ3) is 6.20. The molecule has 0 aliphatic carbocycles. The maximum absolute atomic E-state index is 9.90. The molecule has 21 heavy (non-hydrogen) atoms. The summed E-state index contributed by atoms with van der Waals surface area (Å²) in [5.41, 5.74) is 0. The molecule has 5 heteroatoms. The topological polar surface area (TPSA) is 90.2 Å². The molecule has 1 rings (SSSR count). The number of unbranched alkanes of at least 4 members (excludes halogenated alkanes) is 7. The summed E-state index contributed by atoms with van der Waals surface area (Å²) >= 11 is 0. The number of hydrogen-bond donors (Lipinski definition) is 4. The van der Waals surface area contributed by atoms with Gasteiger partial charge in [-0.25, -0.2) is 0 Å². The van der Waals surface area contributed by atoms with Gasteiger partial charge in [0.15, 0.2) is 0 Å². The quantitative estimate of drug-likeness (QED) is 0.458.